The molecule has 0 bridgehead atoms. The Balaban J connectivity index is 2.78. The monoisotopic (exact) mass is 234 g/mol. The Bertz CT molecular complexity index is 82.3. The first-order valence-electron chi connectivity index (χ1n) is 6.32. The van der Waals surface area contributed by atoms with E-state index in [1.807, 2.05) is 0 Å². The van der Waals surface area contributed by atoms with E-state index >= 15 is 0 Å². The van der Waals surface area contributed by atoms with Gasteiger partial charge in [0.25, 0.3) is 0 Å². The molecule has 0 radical (unpaired) electrons. The Hall–Kier alpha value is 0.860. The van der Waals surface area contributed by atoms with Gasteiger partial charge in [0.1, 0.15) is 0 Å². The van der Waals surface area contributed by atoms with Crippen LogP contribution in [0.2, 0.25) is 0 Å². The van der Waals surface area contributed by atoms with E-state index in [1.165, 1.54) is 76.5 Å². The molecule has 0 fully saturated rings. The van der Waals surface area contributed by atoms with Crippen molar-refractivity contribution in [1.82, 2.24) is 0 Å². The lowest BCUT2D eigenvalue weighted by atomic mass is 10.1. The maximum atomic E-state index is 2.81. The quantitative estimate of drug-likeness (QED) is 0.361. The fourth-order valence-electron chi connectivity index (χ4n) is 1.70. The summed E-state index contributed by atoms with van der Waals surface area (Å²) in [6.07, 6.45) is 17.0. The van der Waals surface area contributed by atoms with E-state index in [4.69, 9.17) is 0 Å². The SMILES string of the molecule is PCCCCCCCCCCCCP. The topological polar surface area (TPSA) is 0 Å². The van der Waals surface area contributed by atoms with Gasteiger partial charge >= 0.3 is 0 Å². The van der Waals surface area contributed by atoms with E-state index in [-0.39, 0.29) is 0 Å². The molecule has 0 amide bonds. The summed E-state index contributed by atoms with van der Waals surface area (Å²) in [5.41, 5.74) is 0. The number of rotatable bonds is 11. The Morgan fingerprint density at radius 1 is 0.357 bits per heavy atom. The molecule has 2 atom stereocenters. The summed E-state index contributed by atoms with van der Waals surface area (Å²) < 4.78 is 0. The highest BCUT2D eigenvalue weighted by Gasteiger charge is 1.91. The van der Waals surface area contributed by atoms with E-state index in [1.54, 1.807) is 0 Å². The molecule has 0 aliphatic carbocycles. The molecule has 0 aromatic carbocycles. The molecule has 0 aliphatic rings. The highest BCUT2D eigenvalue weighted by molar-refractivity contribution is 7.16. The van der Waals surface area contributed by atoms with Gasteiger partial charge in [0.2, 0.25) is 0 Å². The zero-order valence-corrected chi connectivity index (χ0v) is 11.9. The molecule has 0 heterocycles. The Labute approximate surface area is 95.4 Å². The third kappa shape index (κ3) is 12.9. The van der Waals surface area contributed by atoms with Crippen molar-refractivity contribution in [3.05, 3.63) is 0 Å². The molecule has 2 unspecified atom stereocenters. The Morgan fingerprint density at radius 2 is 0.571 bits per heavy atom. The Kier molecular flexibility index (Phi) is 14.7. The van der Waals surface area contributed by atoms with Crippen LogP contribution in [0.5, 0.6) is 0 Å². The first-order chi connectivity index (χ1) is 6.91. The van der Waals surface area contributed by atoms with E-state index in [2.05, 4.69) is 18.5 Å². The smallest absolute Gasteiger partial charge is 0.0381 e. The summed E-state index contributed by atoms with van der Waals surface area (Å²) in [5, 5.41) is 0. The third-order valence-electron chi connectivity index (χ3n) is 2.66. The molecule has 2 heteroatoms. The predicted molar refractivity (Wildman–Crippen MR) is 75.3 cm³/mol. The van der Waals surface area contributed by atoms with Gasteiger partial charge in [-0.25, -0.2) is 0 Å². The average Bonchev–Trinajstić information content (AvgIpc) is 2.21. The highest BCUT2D eigenvalue weighted by atomic mass is 31.0. The van der Waals surface area contributed by atoms with Crippen molar-refractivity contribution in [2.24, 2.45) is 0 Å². The molecule has 0 saturated heterocycles. The van der Waals surface area contributed by atoms with E-state index < -0.39 is 0 Å². The largest absolute Gasteiger partial charge is 0.138 e. The lowest BCUT2D eigenvalue weighted by molar-refractivity contribution is 0.564. The fraction of sp³-hybridized carbons (Fsp3) is 1.00. The van der Waals surface area contributed by atoms with Gasteiger partial charge in [0.05, 0.1) is 0 Å². The van der Waals surface area contributed by atoms with Crippen molar-refractivity contribution in [2.45, 2.75) is 64.2 Å². The molecule has 0 N–H and O–H groups in total. The van der Waals surface area contributed by atoms with Crippen molar-refractivity contribution in [3.8, 4) is 0 Å². The second-order valence-corrected chi connectivity index (χ2v) is 5.27. The molecule has 0 aromatic heterocycles. The zero-order chi connectivity index (χ0) is 10.5. The summed E-state index contributed by atoms with van der Waals surface area (Å²) >= 11 is 0. The average molecular weight is 234 g/mol. The van der Waals surface area contributed by atoms with Crippen molar-refractivity contribution < 1.29 is 0 Å². The Morgan fingerprint density at radius 3 is 0.786 bits per heavy atom. The van der Waals surface area contributed by atoms with Gasteiger partial charge in [0, 0.05) is 0 Å². The summed E-state index contributed by atoms with van der Waals surface area (Å²) in [6.45, 7) is 0. The molecule has 0 spiro atoms. The second-order valence-electron chi connectivity index (χ2n) is 4.11. The normalized spacial score (nSPS) is 10.7. The van der Waals surface area contributed by atoms with Crippen LogP contribution in [0.1, 0.15) is 64.2 Å². The molecule has 0 rings (SSSR count). The van der Waals surface area contributed by atoms with Gasteiger partial charge in [0.15, 0.2) is 0 Å². The van der Waals surface area contributed by atoms with Crippen LogP contribution in [-0.4, -0.2) is 12.3 Å². The standard InChI is InChI=1S/C12H28P2/c13-11-9-7-5-3-1-2-4-6-8-10-12-14/h1-14H2. The summed E-state index contributed by atoms with van der Waals surface area (Å²) in [7, 11) is 5.62. The maximum absolute atomic E-state index is 2.81. The second kappa shape index (κ2) is 13.9. The van der Waals surface area contributed by atoms with Crippen molar-refractivity contribution in [2.75, 3.05) is 12.3 Å². The lowest BCUT2D eigenvalue weighted by Crippen LogP contribution is -1.82. The van der Waals surface area contributed by atoms with Crippen LogP contribution >= 0.6 is 18.5 Å². The van der Waals surface area contributed by atoms with Crippen molar-refractivity contribution >= 4 is 18.5 Å². The van der Waals surface area contributed by atoms with Crippen LogP contribution in [0, 0.1) is 0 Å². The summed E-state index contributed by atoms with van der Waals surface area (Å²) in [5.74, 6) is 0. The molecule has 0 saturated carbocycles. The zero-order valence-electron chi connectivity index (χ0n) is 9.64. The molecular weight excluding hydrogens is 206 g/mol. The van der Waals surface area contributed by atoms with Gasteiger partial charge in [-0.2, -0.15) is 0 Å². The lowest BCUT2D eigenvalue weighted by Gasteiger charge is -2.01. The molecule has 0 aromatic rings. The maximum Gasteiger partial charge on any atom is -0.0381 e. The van der Waals surface area contributed by atoms with Gasteiger partial charge in [-0.1, -0.05) is 51.4 Å². The summed E-state index contributed by atoms with van der Waals surface area (Å²) in [6, 6.07) is 0. The number of unbranched alkanes of at least 4 members (excludes halogenated alkanes) is 9. The van der Waals surface area contributed by atoms with Crippen LogP contribution in [0.15, 0.2) is 0 Å². The molecular formula is C12H28P2. The van der Waals surface area contributed by atoms with Gasteiger partial charge in [-0.15, -0.1) is 18.5 Å². The van der Waals surface area contributed by atoms with Crippen LogP contribution < -0.4 is 0 Å². The minimum absolute atomic E-state index is 1.29. The van der Waals surface area contributed by atoms with Crippen LogP contribution in [0.3, 0.4) is 0 Å². The third-order valence-corrected chi connectivity index (χ3v) is 3.47. The first kappa shape index (κ1) is 14.9. The van der Waals surface area contributed by atoms with E-state index in [9.17, 15) is 0 Å². The number of hydrogen-bond donors (Lipinski definition) is 0. The molecule has 14 heavy (non-hydrogen) atoms. The first-order valence-corrected chi connectivity index (χ1v) is 7.95. The van der Waals surface area contributed by atoms with Crippen molar-refractivity contribution in [3.63, 3.8) is 0 Å². The van der Waals surface area contributed by atoms with Gasteiger partial charge in [-0.05, 0) is 25.2 Å². The molecule has 86 valence electrons. The number of hydrogen-bond acceptors (Lipinski definition) is 0. The van der Waals surface area contributed by atoms with Crippen LogP contribution in [0.4, 0.5) is 0 Å². The minimum atomic E-state index is 1.29. The highest BCUT2D eigenvalue weighted by Crippen LogP contribution is 2.11. The molecule has 0 nitrogen and oxygen atoms in total. The summed E-state index contributed by atoms with van der Waals surface area (Å²) in [4.78, 5) is 0. The van der Waals surface area contributed by atoms with Crippen LogP contribution in [-0.2, 0) is 0 Å². The molecule has 0 aliphatic heterocycles. The van der Waals surface area contributed by atoms with Gasteiger partial charge < -0.3 is 0 Å². The van der Waals surface area contributed by atoms with Gasteiger partial charge in [-0.3, -0.25) is 0 Å². The predicted octanol–water partition coefficient (Wildman–Crippen LogP) is 4.64. The fourth-order valence-corrected chi connectivity index (χ4v) is 2.28. The van der Waals surface area contributed by atoms with Crippen molar-refractivity contribution in [1.29, 1.82) is 0 Å². The van der Waals surface area contributed by atoms with Crippen LogP contribution in [0.25, 0.3) is 0 Å². The minimum Gasteiger partial charge on any atom is -0.138 e. The van der Waals surface area contributed by atoms with E-state index in [0.717, 1.165) is 0 Å². The van der Waals surface area contributed by atoms with E-state index in [0.29, 0.717) is 0 Å².